The summed E-state index contributed by atoms with van der Waals surface area (Å²) in [6, 6.07) is 4.49. The van der Waals surface area contributed by atoms with Gasteiger partial charge < -0.3 is 4.74 Å². The lowest BCUT2D eigenvalue weighted by Gasteiger charge is -2.07. The number of halogens is 3. The molecule has 0 aliphatic heterocycles. The highest BCUT2D eigenvalue weighted by Gasteiger charge is 2.31. The summed E-state index contributed by atoms with van der Waals surface area (Å²) in [5.74, 6) is -0.742. The zero-order chi connectivity index (χ0) is 14.8. The van der Waals surface area contributed by atoms with Gasteiger partial charge in [0, 0.05) is 5.56 Å². The molecule has 20 heavy (non-hydrogen) atoms. The summed E-state index contributed by atoms with van der Waals surface area (Å²) in [6.45, 7) is 1.75. The summed E-state index contributed by atoms with van der Waals surface area (Å²) in [5, 5.41) is 9.53. The molecule has 8 heteroatoms. The third kappa shape index (κ3) is 2.79. The Morgan fingerprint density at radius 1 is 1.35 bits per heavy atom. The van der Waals surface area contributed by atoms with Crippen LogP contribution in [0.5, 0.6) is 0 Å². The van der Waals surface area contributed by atoms with Crippen molar-refractivity contribution in [1.29, 1.82) is 0 Å². The van der Waals surface area contributed by atoms with Gasteiger partial charge in [-0.05, 0) is 19.1 Å². The van der Waals surface area contributed by atoms with Gasteiger partial charge in [0.05, 0.1) is 12.2 Å². The number of ether oxygens (including phenoxy) is 1. The number of alkyl halides is 3. The Hall–Kier alpha value is -2.38. The van der Waals surface area contributed by atoms with E-state index >= 15 is 0 Å². The van der Waals surface area contributed by atoms with Crippen LogP contribution in [0.25, 0.3) is 11.3 Å². The van der Waals surface area contributed by atoms with Crippen LogP contribution >= 0.6 is 0 Å². The van der Waals surface area contributed by atoms with E-state index in [4.69, 9.17) is 4.74 Å². The highest BCUT2D eigenvalue weighted by Crippen LogP contribution is 2.32. The number of H-pyrrole nitrogens is 1. The fourth-order valence-corrected chi connectivity index (χ4v) is 1.62. The van der Waals surface area contributed by atoms with Crippen LogP contribution in [-0.4, -0.2) is 28.0 Å². The van der Waals surface area contributed by atoms with E-state index in [2.05, 4.69) is 15.4 Å². The zero-order valence-electron chi connectivity index (χ0n) is 10.4. The molecule has 0 bridgehead atoms. The lowest BCUT2D eigenvalue weighted by atomic mass is 10.1. The molecule has 0 radical (unpaired) electrons. The Bertz CT molecular complexity index is 622. The highest BCUT2D eigenvalue weighted by atomic mass is 19.4. The van der Waals surface area contributed by atoms with Crippen molar-refractivity contribution < 1.29 is 22.7 Å². The number of nitrogens with one attached hydrogen (secondary N) is 1. The van der Waals surface area contributed by atoms with Gasteiger partial charge in [-0.2, -0.15) is 23.5 Å². The Morgan fingerprint density at radius 3 is 2.75 bits per heavy atom. The summed E-state index contributed by atoms with van der Waals surface area (Å²) in [6.07, 6.45) is -4.47. The minimum absolute atomic E-state index is 0.0227. The molecule has 0 amide bonds. The number of carbonyl (C=O) groups is 1. The summed E-state index contributed by atoms with van der Waals surface area (Å²) < 4.78 is 42.7. The smallest absolute Gasteiger partial charge is 0.416 e. The van der Waals surface area contributed by atoms with Gasteiger partial charge in [0.25, 0.3) is 0 Å². The first kappa shape index (κ1) is 14.0. The number of benzene rings is 1. The van der Waals surface area contributed by atoms with Gasteiger partial charge in [0.2, 0.25) is 0 Å². The fraction of sp³-hybridized carbons (Fsp3) is 0.250. The van der Waals surface area contributed by atoms with Gasteiger partial charge in [0.1, 0.15) is 5.69 Å². The van der Waals surface area contributed by atoms with Crippen molar-refractivity contribution in [2.75, 3.05) is 6.61 Å². The van der Waals surface area contributed by atoms with Gasteiger partial charge in [-0.25, -0.2) is 4.79 Å². The molecule has 0 aliphatic rings. The van der Waals surface area contributed by atoms with Crippen molar-refractivity contribution in [1.82, 2.24) is 15.4 Å². The van der Waals surface area contributed by atoms with E-state index in [1.165, 1.54) is 12.1 Å². The number of hydrogen-bond donors (Lipinski definition) is 1. The van der Waals surface area contributed by atoms with Gasteiger partial charge in [-0.3, -0.25) is 0 Å². The van der Waals surface area contributed by atoms with E-state index in [-0.39, 0.29) is 23.6 Å². The first-order valence-electron chi connectivity index (χ1n) is 5.69. The average molecular weight is 285 g/mol. The van der Waals surface area contributed by atoms with E-state index in [1.54, 1.807) is 6.92 Å². The molecule has 0 atom stereocenters. The van der Waals surface area contributed by atoms with Crippen LogP contribution in [-0.2, 0) is 10.9 Å². The Balaban J connectivity index is 2.43. The van der Waals surface area contributed by atoms with Crippen molar-refractivity contribution in [3.8, 4) is 11.3 Å². The zero-order valence-corrected chi connectivity index (χ0v) is 10.4. The van der Waals surface area contributed by atoms with Gasteiger partial charge in [-0.1, -0.05) is 12.1 Å². The quantitative estimate of drug-likeness (QED) is 0.880. The van der Waals surface area contributed by atoms with E-state index in [0.29, 0.717) is 0 Å². The monoisotopic (exact) mass is 285 g/mol. The largest absolute Gasteiger partial charge is 0.461 e. The minimum atomic E-state index is -4.47. The van der Waals surface area contributed by atoms with Crippen LogP contribution in [0.3, 0.4) is 0 Å². The summed E-state index contributed by atoms with van der Waals surface area (Å²) >= 11 is 0. The number of nitrogens with zero attached hydrogens (tertiary/aromatic N) is 2. The maximum atomic E-state index is 12.7. The summed E-state index contributed by atoms with van der Waals surface area (Å²) in [5.41, 5.74) is -0.815. The van der Waals surface area contributed by atoms with Crippen molar-refractivity contribution in [3.05, 3.63) is 35.5 Å². The third-order valence-electron chi connectivity index (χ3n) is 2.48. The van der Waals surface area contributed by atoms with Crippen molar-refractivity contribution >= 4 is 5.97 Å². The first-order valence-corrected chi connectivity index (χ1v) is 5.69. The van der Waals surface area contributed by atoms with Crippen molar-refractivity contribution in [2.24, 2.45) is 0 Å². The lowest BCUT2D eigenvalue weighted by Crippen LogP contribution is -2.08. The van der Waals surface area contributed by atoms with E-state index < -0.39 is 17.7 Å². The topological polar surface area (TPSA) is 67.9 Å². The van der Waals surface area contributed by atoms with Crippen LogP contribution in [0.15, 0.2) is 24.3 Å². The molecule has 1 aromatic carbocycles. The van der Waals surface area contributed by atoms with Gasteiger partial charge in [0.15, 0.2) is 5.69 Å². The standard InChI is InChI=1S/C12H10F3N3O2/c1-2-20-11(19)10-9(16-18-17-10)7-4-3-5-8(6-7)12(13,14)15/h3-6H,2H2,1H3,(H,16,17,18). The van der Waals surface area contributed by atoms with E-state index in [1.807, 2.05) is 0 Å². The molecule has 1 heterocycles. The molecule has 0 spiro atoms. The predicted octanol–water partition coefficient (Wildman–Crippen LogP) is 2.67. The molecule has 106 valence electrons. The molecule has 5 nitrogen and oxygen atoms in total. The maximum Gasteiger partial charge on any atom is 0.416 e. The van der Waals surface area contributed by atoms with E-state index in [0.717, 1.165) is 12.1 Å². The predicted molar refractivity (Wildman–Crippen MR) is 62.8 cm³/mol. The van der Waals surface area contributed by atoms with Crippen LogP contribution in [0.1, 0.15) is 23.0 Å². The van der Waals surface area contributed by atoms with Crippen LogP contribution < -0.4 is 0 Å². The van der Waals surface area contributed by atoms with Crippen LogP contribution in [0.4, 0.5) is 13.2 Å². The Labute approximate surface area is 111 Å². The Morgan fingerprint density at radius 2 is 2.10 bits per heavy atom. The van der Waals surface area contributed by atoms with Crippen LogP contribution in [0.2, 0.25) is 0 Å². The maximum absolute atomic E-state index is 12.7. The minimum Gasteiger partial charge on any atom is -0.461 e. The molecule has 0 unspecified atom stereocenters. The molecule has 2 aromatic rings. The molecule has 1 aromatic heterocycles. The fourth-order valence-electron chi connectivity index (χ4n) is 1.62. The number of esters is 1. The number of aromatic nitrogens is 3. The number of carbonyl (C=O) groups excluding carboxylic acids is 1. The molecule has 0 fully saturated rings. The second-order valence-electron chi connectivity index (χ2n) is 3.82. The van der Waals surface area contributed by atoms with Gasteiger partial charge >= 0.3 is 12.1 Å². The van der Waals surface area contributed by atoms with Crippen LogP contribution in [0, 0.1) is 0 Å². The molecular formula is C12H10F3N3O2. The summed E-state index contributed by atoms with van der Waals surface area (Å²) in [7, 11) is 0. The highest BCUT2D eigenvalue weighted by molar-refractivity contribution is 5.93. The molecule has 0 saturated carbocycles. The number of aromatic amines is 1. The Kier molecular flexibility index (Phi) is 3.73. The molecule has 0 saturated heterocycles. The number of rotatable bonds is 3. The van der Waals surface area contributed by atoms with Crippen molar-refractivity contribution in [3.63, 3.8) is 0 Å². The second kappa shape index (κ2) is 5.32. The van der Waals surface area contributed by atoms with E-state index in [9.17, 15) is 18.0 Å². The lowest BCUT2D eigenvalue weighted by molar-refractivity contribution is -0.137. The average Bonchev–Trinajstić information content (AvgIpc) is 2.87. The second-order valence-corrected chi connectivity index (χ2v) is 3.82. The third-order valence-corrected chi connectivity index (χ3v) is 2.48. The molecule has 2 rings (SSSR count). The SMILES string of the molecule is CCOC(=O)c1n[nH]nc1-c1cccc(C(F)(F)F)c1. The number of hydrogen-bond acceptors (Lipinski definition) is 4. The normalized spacial score (nSPS) is 11.4. The molecule has 1 N–H and O–H groups in total. The molecular weight excluding hydrogens is 275 g/mol. The molecule has 0 aliphatic carbocycles. The summed E-state index contributed by atoms with van der Waals surface area (Å²) in [4.78, 5) is 11.6. The first-order chi connectivity index (χ1) is 9.43. The van der Waals surface area contributed by atoms with Gasteiger partial charge in [-0.15, -0.1) is 5.10 Å². The van der Waals surface area contributed by atoms with Crippen molar-refractivity contribution in [2.45, 2.75) is 13.1 Å².